The third kappa shape index (κ3) is 3.53. The van der Waals surface area contributed by atoms with Crippen LogP contribution in [0.15, 0.2) is 48.5 Å². The Kier molecular flexibility index (Phi) is 5.05. The molecule has 1 amide bonds. The highest BCUT2D eigenvalue weighted by Gasteiger charge is 2.16. The second-order valence-electron chi connectivity index (χ2n) is 4.47. The zero-order chi connectivity index (χ0) is 14.5. The Bertz CT molecular complexity index is 599. The normalized spacial score (nSPS) is 11.9. The van der Waals surface area contributed by atoms with Gasteiger partial charge in [0.2, 0.25) is 0 Å². The number of amides is 1. The lowest BCUT2D eigenvalue weighted by Crippen LogP contribution is -2.28. The Hall–Kier alpha value is -1.51. The van der Waals surface area contributed by atoms with Crippen LogP contribution >= 0.6 is 23.2 Å². The largest absolute Gasteiger partial charge is 0.345 e. The van der Waals surface area contributed by atoms with E-state index in [9.17, 15) is 4.79 Å². The van der Waals surface area contributed by atoms with E-state index in [1.807, 2.05) is 37.3 Å². The summed E-state index contributed by atoms with van der Waals surface area (Å²) in [6.07, 6.45) is 0.807. The first-order valence-corrected chi connectivity index (χ1v) is 7.18. The van der Waals surface area contributed by atoms with E-state index in [4.69, 9.17) is 23.2 Å². The Balaban J connectivity index is 2.17. The molecule has 0 aliphatic rings. The van der Waals surface area contributed by atoms with Crippen LogP contribution in [-0.2, 0) is 0 Å². The minimum atomic E-state index is -0.192. The molecule has 0 saturated carbocycles. The standard InChI is InChI=1S/C16H15Cl2NO/c1-2-15(11-6-4-3-5-7-11)19-16(20)13-9-8-12(17)10-14(13)18/h3-10,15H,2H2,1H3,(H,19,20)/t15-/m0/s1. The average molecular weight is 308 g/mol. The summed E-state index contributed by atoms with van der Waals surface area (Å²) < 4.78 is 0. The highest BCUT2D eigenvalue weighted by molar-refractivity contribution is 6.36. The third-order valence-corrected chi connectivity index (χ3v) is 3.64. The van der Waals surface area contributed by atoms with Crippen molar-refractivity contribution < 1.29 is 4.79 Å². The summed E-state index contributed by atoms with van der Waals surface area (Å²) in [6, 6.07) is 14.7. The topological polar surface area (TPSA) is 29.1 Å². The number of carbonyl (C=O) groups is 1. The minimum Gasteiger partial charge on any atom is -0.345 e. The predicted octanol–water partition coefficient (Wildman–Crippen LogP) is 4.87. The Morgan fingerprint density at radius 3 is 2.45 bits per heavy atom. The third-order valence-electron chi connectivity index (χ3n) is 3.09. The maximum atomic E-state index is 12.3. The van der Waals surface area contributed by atoms with E-state index in [1.165, 1.54) is 0 Å². The fourth-order valence-corrected chi connectivity index (χ4v) is 2.51. The first-order valence-electron chi connectivity index (χ1n) is 6.42. The van der Waals surface area contributed by atoms with Crippen LogP contribution in [0.5, 0.6) is 0 Å². The molecule has 0 saturated heterocycles. The maximum Gasteiger partial charge on any atom is 0.253 e. The molecule has 2 aromatic carbocycles. The highest BCUT2D eigenvalue weighted by Crippen LogP contribution is 2.22. The van der Waals surface area contributed by atoms with Gasteiger partial charge in [-0.25, -0.2) is 0 Å². The summed E-state index contributed by atoms with van der Waals surface area (Å²) in [7, 11) is 0. The Morgan fingerprint density at radius 2 is 1.85 bits per heavy atom. The Morgan fingerprint density at radius 1 is 1.15 bits per heavy atom. The van der Waals surface area contributed by atoms with Gasteiger partial charge in [-0.05, 0) is 30.2 Å². The predicted molar refractivity (Wildman–Crippen MR) is 83.4 cm³/mol. The molecular formula is C16H15Cl2NO. The molecule has 0 heterocycles. The zero-order valence-electron chi connectivity index (χ0n) is 11.1. The first kappa shape index (κ1) is 14.9. The summed E-state index contributed by atoms with van der Waals surface area (Å²) in [4.78, 5) is 12.3. The lowest BCUT2D eigenvalue weighted by atomic mass is 10.0. The van der Waals surface area contributed by atoms with Crippen molar-refractivity contribution in [3.8, 4) is 0 Å². The van der Waals surface area contributed by atoms with Crippen LogP contribution in [0.25, 0.3) is 0 Å². The number of hydrogen-bond acceptors (Lipinski definition) is 1. The van der Waals surface area contributed by atoms with Crippen LogP contribution in [0.2, 0.25) is 10.0 Å². The van der Waals surface area contributed by atoms with Crippen molar-refractivity contribution in [2.75, 3.05) is 0 Å². The molecule has 0 radical (unpaired) electrons. The molecule has 2 nitrogen and oxygen atoms in total. The Labute approximate surface area is 128 Å². The first-order chi connectivity index (χ1) is 9.61. The number of hydrogen-bond donors (Lipinski definition) is 1. The van der Waals surface area contributed by atoms with Crippen molar-refractivity contribution in [3.05, 3.63) is 69.7 Å². The monoisotopic (exact) mass is 307 g/mol. The second kappa shape index (κ2) is 6.78. The summed E-state index contributed by atoms with van der Waals surface area (Å²) in [5, 5.41) is 3.87. The van der Waals surface area contributed by atoms with Gasteiger partial charge in [0.15, 0.2) is 0 Å². The van der Waals surface area contributed by atoms with Crippen molar-refractivity contribution in [2.45, 2.75) is 19.4 Å². The van der Waals surface area contributed by atoms with Gasteiger partial charge in [-0.3, -0.25) is 4.79 Å². The van der Waals surface area contributed by atoms with Crippen LogP contribution in [0, 0.1) is 0 Å². The maximum absolute atomic E-state index is 12.3. The lowest BCUT2D eigenvalue weighted by Gasteiger charge is -2.18. The molecule has 104 valence electrons. The average Bonchev–Trinajstić information content (AvgIpc) is 2.45. The molecule has 0 spiro atoms. The molecule has 1 N–H and O–H groups in total. The van der Waals surface area contributed by atoms with Crippen LogP contribution in [0.3, 0.4) is 0 Å². The summed E-state index contributed by atoms with van der Waals surface area (Å²) in [5.74, 6) is -0.192. The molecule has 0 aromatic heterocycles. The number of nitrogens with one attached hydrogen (secondary N) is 1. The number of rotatable bonds is 4. The second-order valence-corrected chi connectivity index (χ2v) is 5.31. The van der Waals surface area contributed by atoms with Gasteiger partial charge in [-0.2, -0.15) is 0 Å². The molecule has 2 rings (SSSR count). The van der Waals surface area contributed by atoms with E-state index < -0.39 is 0 Å². The van der Waals surface area contributed by atoms with Gasteiger partial charge in [-0.1, -0.05) is 60.5 Å². The van der Waals surface area contributed by atoms with E-state index in [-0.39, 0.29) is 11.9 Å². The van der Waals surface area contributed by atoms with Crippen molar-refractivity contribution in [2.24, 2.45) is 0 Å². The lowest BCUT2D eigenvalue weighted by molar-refractivity contribution is 0.0935. The van der Waals surface area contributed by atoms with E-state index in [0.717, 1.165) is 12.0 Å². The molecule has 0 fully saturated rings. The van der Waals surface area contributed by atoms with Gasteiger partial charge >= 0.3 is 0 Å². The van der Waals surface area contributed by atoms with Crippen molar-refractivity contribution >= 4 is 29.1 Å². The van der Waals surface area contributed by atoms with Gasteiger partial charge in [0.25, 0.3) is 5.91 Å². The number of benzene rings is 2. The molecule has 4 heteroatoms. The van der Waals surface area contributed by atoms with E-state index in [2.05, 4.69) is 5.32 Å². The molecular weight excluding hydrogens is 293 g/mol. The van der Waals surface area contributed by atoms with Gasteiger partial charge in [0, 0.05) is 5.02 Å². The van der Waals surface area contributed by atoms with Crippen LogP contribution in [0.1, 0.15) is 35.3 Å². The van der Waals surface area contributed by atoms with Gasteiger partial charge in [0.1, 0.15) is 0 Å². The molecule has 0 aliphatic heterocycles. The fraction of sp³-hybridized carbons (Fsp3) is 0.188. The molecule has 1 atom stereocenters. The molecule has 0 bridgehead atoms. The van der Waals surface area contributed by atoms with Crippen LogP contribution in [0.4, 0.5) is 0 Å². The van der Waals surface area contributed by atoms with Crippen LogP contribution in [-0.4, -0.2) is 5.91 Å². The van der Waals surface area contributed by atoms with E-state index >= 15 is 0 Å². The van der Waals surface area contributed by atoms with E-state index in [0.29, 0.717) is 15.6 Å². The van der Waals surface area contributed by atoms with Crippen molar-refractivity contribution in [1.82, 2.24) is 5.32 Å². The summed E-state index contributed by atoms with van der Waals surface area (Å²) in [5.41, 5.74) is 1.51. The van der Waals surface area contributed by atoms with Crippen LogP contribution < -0.4 is 5.32 Å². The summed E-state index contributed by atoms with van der Waals surface area (Å²) >= 11 is 11.9. The van der Waals surface area contributed by atoms with Gasteiger partial charge in [-0.15, -0.1) is 0 Å². The SMILES string of the molecule is CC[C@H](NC(=O)c1ccc(Cl)cc1Cl)c1ccccc1. The molecule has 0 unspecified atom stereocenters. The van der Waals surface area contributed by atoms with Gasteiger partial charge in [0.05, 0.1) is 16.6 Å². The minimum absolute atomic E-state index is 0.0320. The molecule has 0 aliphatic carbocycles. The van der Waals surface area contributed by atoms with Gasteiger partial charge < -0.3 is 5.32 Å². The highest BCUT2D eigenvalue weighted by atomic mass is 35.5. The van der Waals surface area contributed by atoms with Crippen molar-refractivity contribution in [3.63, 3.8) is 0 Å². The fourth-order valence-electron chi connectivity index (χ4n) is 2.02. The van der Waals surface area contributed by atoms with E-state index in [1.54, 1.807) is 18.2 Å². The smallest absolute Gasteiger partial charge is 0.253 e. The van der Waals surface area contributed by atoms with Crippen molar-refractivity contribution in [1.29, 1.82) is 0 Å². The summed E-state index contributed by atoms with van der Waals surface area (Å²) in [6.45, 7) is 2.03. The molecule has 20 heavy (non-hydrogen) atoms. The quantitative estimate of drug-likeness (QED) is 0.857. The number of carbonyl (C=O) groups excluding carboxylic acids is 1. The number of halogens is 2. The zero-order valence-corrected chi connectivity index (χ0v) is 12.6. The molecule has 2 aromatic rings.